The third kappa shape index (κ3) is 2.41. The van der Waals surface area contributed by atoms with Crippen LogP contribution in [-0.4, -0.2) is 17.4 Å². The average molecular weight is 182 g/mol. The fourth-order valence-electron chi connectivity index (χ4n) is 1.94. The van der Waals surface area contributed by atoms with Crippen molar-refractivity contribution in [1.29, 1.82) is 0 Å². The first kappa shape index (κ1) is 9.96. The molecule has 0 saturated heterocycles. The van der Waals surface area contributed by atoms with Crippen LogP contribution >= 0.6 is 0 Å². The van der Waals surface area contributed by atoms with E-state index in [1.54, 1.807) is 0 Å². The summed E-state index contributed by atoms with van der Waals surface area (Å²) in [5.74, 6) is -0.470. The monoisotopic (exact) mass is 182 g/mol. The highest BCUT2D eigenvalue weighted by Crippen LogP contribution is 2.38. The van der Waals surface area contributed by atoms with Gasteiger partial charge in [-0.15, -0.1) is 0 Å². The van der Waals surface area contributed by atoms with Crippen molar-refractivity contribution in [3.63, 3.8) is 0 Å². The van der Waals surface area contributed by atoms with Crippen LogP contribution in [0.3, 0.4) is 0 Å². The molecule has 0 amide bonds. The molecular formula is C10H14O3. The van der Waals surface area contributed by atoms with Crippen molar-refractivity contribution in [2.75, 3.05) is 0 Å². The number of carbonyl (C=O) groups is 2. The molecule has 1 N–H and O–H groups in total. The molecule has 0 spiro atoms. The van der Waals surface area contributed by atoms with Gasteiger partial charge in [-0.3, -0.25) is 4.79 Å². The second kappa shape index (κ2) is 4.21. The van der Waals surface area contributed by atoms with E-state index < -0.39 is 5.97 Å². The Hall–Kier alpha value is -1.12. The van der Waals surface area contributed by atoms with Gasteiger partial charge in [0.2, 0.25) is 0 Å². The number of aliphatic carboxylic acids is 1. The summed E-state index contributed by atoms with van der Waals surface area (Å²) in [5, 5.41) is 8.60. The van der Waals surface area contributed by atoms with Crippen LogP contribution < -0.4 is 0 Å². The summed E-state index contributed by atoms with van der Waals surface area (Å²) in [6.07, 6.45) is 3.32. The SMILES string of the molecule is C=C1C(CC=O)CCC1CC(=O)O. The van der Waals surface area contributed by atoms with Crippen molar-refractivity contribution in [2.24, 2.45) is 11.8 Å². The number of hydrogen-bond acceptors (Lipinski definition) is 2. The number of carbonyl (C=O) groups excluding carboxylic acids is 1. The second-order valence-electron chi connectivity index (χ2n) is 3.55. The molecule has 0 heterocycles. The first-order valence-electron chi connectivity index (χ1n) is 4.49. The Labute approximate surface area is 77.4 Å². The zero-order chi connectivity index (χ0) is 9.84. The van der Waals surface area contributed by atoms with Crippen molar-refractivity contribution in [3.05, 3.63) is 12.2 Å². The number of allylic oxidation sites excluding steroid dienone is 1. The van der Waals surface area contributed by atoms with E-state index in [9.17, 15) is 9.59 Å². The molecule has 0 aliphatic heterocycles. The van der Waals surface area contributed by atoms with Crippen LogP contribution in [0.2, 0.25) is 0 Å². The molecule has 1 rings (SSSR count). The lowest BCUT2D eigenvalue weighted by Crippen LogP contribution is -2.07. The molecule has 0 aromatic rings. The molecule has 1 saturated carbocycles. The highest BCUT2D eigenvalue weighted by molar-refractivity contribution is 5.67. The lowest BCUT2D eigenvalue weighted by Gasteiger charge is -2.10. The lowest BCUT2D eigenvalue weighted by atomic mass is 9.94. The first-order valence-corrected chi connectivity index (χ1v) is 4.49. The van der Waals surface area contributed by atoms with Crippen LogP contribution in [0.25, 0.3) is 0 Å². The Bertz CT molecular complexity index is 232. The summed E-state index contributed by atoms with van der Waals surface area (Å²) in [7, 11) is 0. The molecule has 0 aromatic heterocycles. The summed E-state index contributed by atoms with van der Waals surface area (Å²) in [5.41, 5.74) is 0.953. The Morgan fingerprint density at radius 1 is 1.54 bits per heavy atom. The molecule has 13 heavy (non-hydrogen) atoms. The van der Waals surface area contributed by atoms with Crippen LogP contribution in [0.15, 0.2) is 12.2 Å². The minimum Gasteiger partial charge on any atom is -0.481 e. The largest absolute Gasteiger partial charge is 0.481 e. The molecule has 1 fully saturated rings. The van der Waals surface area contributed by atoms with Gasteiger partial charge in [-0.05, 0) is 24.7 Å². The second-order valence-corrected chi connectivity index (χ2v) is 3.55. The van der Waals surface area contributed by atoms with Crippen LogP contribution in [0.5, 0.6) is 0 Å². The average Bonchev–Trinajstić information content (AvgIpc) is 2.36. The minimum absolute atomic E-state index is 0.0856. The molecule has 3 heteroatoms. The highest BCUT2D eigenvalue weighted by atomic mass is 16.4. The zero-order valence-corrected chi connectivity index (χ0v) is 7.53. The molecule has 0 radical (unpaired) electrons. The van der Waals surface area contributed by atoms with Gasteiger partial charge in [-0.2, -0.15) is 0 Å². The lowest BCUT2D eigenvalue weighted by molar-refractivity contribution is -0.137. The van der Waals surface area contributed by atoms with Gasteiger partial charge in [0.1, 0.15) is 6.29 Å². The minimum atomic E-state index is -0.780. The van der Waals surface area contributed by atoms with Crippen molar-refractivity contribution in [1.82, 2.24) is 0 Å². The number of hydrogen-bond donors (Lipinski definition) is 1. The topological polar surface area (TPSA) is 54.4 Å². The number of carboxylic acids is 1. The molecule has 2 unspecified atom stereocenters. The maximum absolute atomic E-state index is 10.5. The summed E-state index contributed by atoms with van der Waals surface area (Å²) in [4.78, 5) is 20.7. The van der Waals surface area contributed by atoms with E-state index in [2.05, 4.69) is 6.58 Å². The highest BCUT2D eigenvalue weighted by Gasteiger charge is 2.29. The van der Waals surface area contributed by atoms with Crippen molar-refractivity contribution in [3.8, 4) is 0 Å². The van der Waals surface area contributed by atoms with Crippen LogP contribution in [0.4, 0.5) is 0 Å². The summed E-state index contributed by atoms with van der Waals surface area (Å²) < 4.78 is 0. The van der Waals surface area contributed by atoms with Crippen LogP contribution in [0.1, 0.15) is 25.7 Å². The van der Waals surface area contributed by atoms with E-state index in [-0.39, 0.29) is 18.3 Å². The van der Waals surface area contributed by atoms with Crippen molar-refractivity contribution in [2.45, 2.75) is 25.7 Å². The van der Waals surface area contributed by atoms with Gasteiger partial charge < -0.3 is 9.90 Å². The predicted octanol–water partition coefficient (Wildman–Crippen LogP) is 1.63. The molecule has 1 aliphatic carbocycles. The van der Waals surface area contributed by atoms with E-state index in [1.165, 1.54) is 0 Å². The third-order valence-electron chi connectivity index (χ3n) is 2.71. The summed E-state index contributed by atoms with van der Waals surface area (Å²) in [6, 6.07) is 0. The van der Waals surface area contributed by atoms with Gasteiger partial charge in [-0.25, -0.2) is 0 Å². The maximum atomic E-state index is 10.5. The normalized spacial score (nSPS) is 27.5. The summed E-state index contributed by atoms with van der Waals surface area (Å²) >= 11 is 0. The smallest absolute Gasteiger partial charge is 0.303 e. The predicted molar refractivity (Wildman–Crippen MR) is 48.3 cm³/mol. The third-order valence-corrected chi connectivity index (χ3v) is 2.71. The van der Waals surface area contributed by atoms with Gasteiger partial charge in [0.15, 0.2) is 0 Å². The van der Waals surface area contributed by atoms with Gasteiger partial charge in [0.25, 0.3) is 0 Å². The fourth-order valence-corrected chi connectivity index (χ4v) is 1.94. The van der Waals surface area contributed by atoms with E-state index in [1.807, 2.05) is 0 Å². The first-order chi connectivity index (χ1) is 6.15. The molecular weight excluding hydrogens is 168 g/mol. The number of rotatable bonds is 4. The quantitative estimate of drug-likeness (QED) is 0.531. The number of carboxylic acid groups (broad SMARTS) is 1. The van der Waals surface area contributed by atoms with Gasteiger partial charge in [0.05, 0.1) is 6.42 Å². The van der Waals surface area contributed by atoms with E-state index in [4.69, 9.17) is 5.11 Å². The standard InChI is InChI=1S/C10H14O3/c1-7-8(4-5-11)2-3-9(7)6-10(12)13/h5,8-9H,1-4,6H2,(H,12,13). The molecule has 2 atom stereocenters. The fraction of sp³-hybridized carbons (Fsp3) is 0.600. The van der Waals surface area contributed by atoms with Gasteiger partial charge in [0, 0.05) is 6.42 Å². The molecule has 72 valence electrons. The maximum Gasteiger partial charge on any atom is 0.303 e. The summed E-state index contributed by atoms with van der Waals surface area (Å²) in [6.45, 7) is 3.87. The molecule has 0 bridgehead atoms. The van der Waals surface area contributed by atoms with Crippen LogP contribution in [0, 0.1) is 11.8 Å². The Morgan fingerprint density at radius 2 is 2.15 bits per heavy atom. The Balaban J connectivity index is 2.49. The van der Waals surface area contributed by atoms with Crippen molar-refractivity contribution >= 4 is 12.3 Å². The van der Waals surface area contributed by atoms with Crippen molar-refractivity contribution < 1.29 is 14.7 Å². The van der Waals surface area contributed by atoms with E-state index >= 15 is 0 Å². The number of aldehydes is 1. The van der Waals surface area contributed by atoms with Gasteiger partial charge >= 0.3 is 5.97 Å². The zero-order valence-electron chi connectivity index (χ0n) is 7.53. The Kier molecular flexibility index (Phi) is 3.23. The van der Waals surface area contributed by atoms with Gasteiger partial charge in [-0.1, -0.05) is 12.2 Å². The van der Waals surface area contributed by atoms with E-state index in [0.29, 0.717) is 6.42 Å². The molecule has 3 nitrogen and oxygen atoms in total. The Morgan fingerprint density at radius 3 is 2.69 bits per heavy atom. The van der Waals surface area contributed by atoms with Crippen LogP contribution in [-0.2, 0) is 9.59 Å². The molecule has 0 aromatic carbocycles. The molecule has 1 aliphatic rings. The van der Waals surface area contributed by atoms with E-state index in [0.717, 1.165) is 24.7 Å².